The zero-order valence-corrected chi connectivity index (χ0v) is 25.1. The third-order valence-electron chi connectivity index (χ3n) is 10.2. The number of nitrogens with one attached hydrogen (secondary N) is 1. The number of benzene rings is 3. The van der Waals surface area contributed by atoms with Gasteiger partial charge in [0.2, 0.25) is 0 Å². The maximum Gasteiger partial charge on any atom is 0.337 e. The molecule has 42 heavy (non-hydrogen) atoms. The van der Waals surface area contributed by atoms with Crippen molar-refractivity contribution in [2.45, 2.75) is 76.5 Å². The van der Waals surface area contributed by atoms with Crippen molar-refractivity contribution in [1.82, 2.24) is 5.32 Å². The first-order chi connectivity index (χ1) is 20.4. The maximum atomic E-state index is 14.6. The van der Waals surface area contributed by atoms with E-state index < -0.39 is 0 Å². The summed E-state index contributed by atoms with van der Waals surface area (Å²) in [4.78, 5) is 26.7. The van der Waals surface area contributed by atoms with Crippen LogP contribution in [0, 0.1) is 23.7 Å². The molecule has 0 aromatic heterocycles. The molecular formula is C37H43NO4. The van der Waals surface area contributed by atoms with E-state index in [9.17, 15) is 9.59 Å². The van der Waals surface area contributed by atoms with Crippen molar-refractivity contribution in [3.8, 4) is 5.75 Å². The molecule has 6 rings (SSSR count). The van der Waals surface area contributed by atoms with E-state index in [0.29, 0.717) is 35.7 Å². The number of esters is 1. The van der Waals surface area contributed by atoms with Crippen LogP contribution in [-0.2, 0) is 16.1 Å². The fourth-order valence-electron chi connectivity index (χ4n) is 7.59. The summed E-state index contributed by atoms with van der Waals surface area (Å²) in [6.07, 6.45) is 6.62. The van der Waals surface area contributed by atoms with Gasteiger partial charge in [-0.05, 0) is 103 Å². The van der Waals surface area contributed by atoms with Crippen molar-refractivity contribution >= 4 is 11.8 Å². The second-order valence-corrected chi connectivity index (χ2v) is 13.0. The van der Waals surface area contributed by atoms with Gasteiger partial charge >= 0.3 is 5.97 Å². The van der Waals surface area contributed by atoms with Gasteiger partial charge in [0.1, 0.15) is 12.4 Å². The van der Waals surface area contributed by atoms with E-state index in [-0.39, 0.29) is 29.4 Å². The van der Waals surface area contributed by atoms with Gasteiger partial charge < -0.3 is 9.47 Å². The Morgan fingerprint density at radius 1 is 0.881 bits per heavy atom. The van der Waals surface area contributed by atoms with Crippen LogP contribution in [0.3, 0.4) is 0 Å². The molecule has 0 bridgehead atoms. The van der Waals surface area contributed by atoms with E-state index in [4.69, 9.17) is 9.47 Å². The average molecular weight is 566 g/mol. The van der Waals surface area contributed by atoms with Gasteiger partial charge in [0.25, 0.3) is 0 Å². The molecule has 0 radical (unpaired) electrons. The van der Waals surface area contributed by atoms with Gasteiger partial charge in [-0.1, -0.05) is 68.4 Å². The third-order valence-corrected chi connectivity index (χ3v) is 10.2. The molecule has 0 amide bonds. The van der Waals surface area contributed by atoms with Crippen molar-refractivity contribution in [2.24, 2.45) is 23.7 Å². The molecule has 1 saturated heterocycles. The fourth-order valence-corrected chi connectivity index (χ4v) is 7.59. The number of hydrogen-bond donors (Lipinski definition) is 1. The van der Waals surface area contributed by atoms with Crippen molar-refractivity contribution in [2.75, 3.05) is 7.11 Å². The highest BCUT2D eigenvalue weighted by Crippen LogP contribution is 2.57. The molecule has 3 aromatic carbocycles. The molecule has 2 aliphatic carbocycles. The Labute approximate surface area is 250 Å². The summed E-state index contributed by atoms with van der Waals surface area (Å²) < 4.78 is 11.0. The summed E-state index contributed by atoms with van der Waals surface area (Å²) in [6.45, 7) is 5.17. The van der Waals surface area contributed by atoms with Crippen LogP contribution in [0.4, 0.5) is 0 Å². The predicted octanol–water partition coefficient (Wildman–Crippen LogP) is 7.66. The SMILES string of the molecule is COC(=O)c1ccc([C@@H](C2CC2)C2C(=O)C(c3ccc(OCc4ccccc4)cc3)NC23CCC(C(C)C)CC3)cc1. The lowest BCUT2D eigenvalue weighted by atomic mass is 9.63. The Kier molecular flexibility index (Phi) is 8.22. The van der Waals surface area contributed by atoms with Crippen LogP contribution in [0.1, 0.15) is 91.4 Å². The molecule has 5 heteroatoms. The molecule has 3 atom stereocenters. The number of ether oxygens (including phenoxy) is 2. The van der Waals surface area contributed by atoms with Crippen LogP contribution < -0.4 is 10.1 Å². The van der Waals surface area contributed by atoms with Crippen LogP contribution in [0.15, 0.2) is 78.9 Å². The minimum absolute atomic E-state index is 0.0962. The Morgan fingerprint density at radius 3 is 2.14 bits per heavy atom. The molecule has 1 aliphatic heterocycles. The molecule has 2 unspecified atom stereocenters. The van der Waals surface area contributed by atoms with Crippen LogP contribution in [0.5, 0.6) is 5.75 Å². The summed E-state index contributed by atoms with van der Waals surface area (Å²) in [5.74, 6) is 2.68. The van der Waals surface area contributed by atoms with Gasteiger partial charge in [-0.15, -0.1) is 0 Å². The highest BCUT2D eigenvalue weighted by Gasteiger charge is 2.59. The summed E-state index contributed by atoms with van der Waals surface area (Å²) in [5.41, 5.74) is 3.63. The van der Waals surface area contributed by atoms with Crippen LogP contribution in [-0.4, -0.2) is 24.4 Å². The molecule has 3 aromatic rings. The van der Waals surface area contributed by atoms with Gasteiger partial charge in [-0.3, -0.25) is 10.1 Å². The lowest BCUT2D eigenvalue weighted by molar-refractivity contribution is -0.124. The number of methoxy groups -OCH3 is 1. The molecule has 220 valence electrons. The maximum absolute atomic E-state index is 14.6. The second kappa shape index (κ2) is 12.0. The zero-order chi connectivity index (χ0) is 29.3. The van der Waals surface area contributed by atoms with Crippen LogP contribution in [0.25, 0.3) is 0 Å². The standard InChI is InChI=1S/C37H43NO4/c1-24(2)26-19-21-37(22-20-26)33(32(27-9-10-27)28-11-13-30(14-12-28)36(40)41-3)35(39)34(38-37)29-15-17-31(18-16-29)42-23-25-7-5-4-6-8-25/h4-8,11-18,24,26-27,32-34,38H,9-10,19-23H2,1-3H3/t26?,32-,33?,34?,37?/m1/s1. The van der Waals surface area contributed by atoms with Gasteiger partial charge in [0, 0.05) is 11.5 Å². The van der Waals surface area contributed by atoms with E-state index in [1.807, 2.05) is 42.5 Å². The first-order valence-electron chi connectivity index (χ1n) is 15.6. The van der Waals surface area contributed by atoms with Crippen LogP contribution >= 0.6 is 0 Å². The number of carbonyl (C=O) groups is 2. The average Bonchev–Trinajstić information content (AvgIpc) is 3.83. The van der Waals surface area contributed by atoms with Crippen molar-refractivity contribution in [3.63, 3.8) is 0 Å². The number of rotatable bonds is 9. The Hall–Kier alpha value is -3.44. The van der Waals surface area contributed by atoms with Gasteiger partial charge in [0.15, 0.2) is 5.78 Å². The summed E-state index contributed by atoms with van der Waals surface area (Å²) in [6, 6.07) is 25.8. The van der Waals surface area contributed by atoms with Crippen molar-refractivity contribution < 1.29 is 19.1 Å². The fraction of sp³-hybridized carbons (Fsp3) is 0.459. The monoisotopic (exact) mass is 565 g/mol. The smallest absolute Gasteiger partial charge is 0.337 e. The first-order valence-corrected chi connectivity index (χ1v) is 15.6. The second-order valence-electron chi connectivity index (χ2n) is 13.0. The largest absolute Gasteiger partial charge is 0.489 e. The van der Waals surface area contributed by atoms with E-state index in [2.05, 4.69) is 55.6 Å². The Bertz CT molecular complexity index is 1370. The van der Waals surface area contributed by atoms with Gasteiger partial charge in [0.05, 0.1) is 18.7 Å². The zero-order valence-electron chi connectivity index (χ0n) is 25.1. The number of Topliss-reactive ketones (excluding diaryl/α,β-unsaturated/α-hetero) is 1. The van der Waals surface area contributed by atoms with E-state index in [0.717, 1.165) is 55.4 Å². The minimum atomic E-state index is -0.331. The number of hydrogen-bond acceptors (Lipinski definition) is 5. The first kappa shape index (κ1) is 28.7. The van der Waals surface area contributed by atoms with Crippen molar-refractivity contribution in [1.29, 1.82) is 0 Å². The quantitative estimate of drug-likeness (QED) is 0.270. The molecule has 1 heterocycles. The summed E-state index contributed by atoms with van der Waals surface area (Å²) in [7, 11) is 1.41. The third kappa shape index (κ3) is 5.76. The lowest BCUT2D eigenvalue weighted by Gasteiger charge is -2.45. The number of ketones is 1. The molecule has 3 aliphatic rings. The van der Waals surface area contributed by atoms with E-state index in [1.165, 1.54) is 12.7 Å². The normalized spacial score (nSPS) is 26.4. The topological polar surface area (TPSA) is 64.6 Å². The summed E-state index contributed by atoms with van der Waals surface area (Å²) >= 11 is 0. The summed E-state index contributed by atoms with van der Waals surface area (Å²) in [5, 5.41) is 3.97. The Balaban J connectivity index is 1.28. The molecular weight excluding hydrogens is 522 g/mol. The molecule has 1 spiro atoms. The van der Waals surface area contributed by atoms with E-state index in [1.54, 1.807) is 0 Å². The molecule has 2 saturated carbocycles. The minimum Gasteiger partial charge on any atom is -0.489 e. The molecule has 3 fully saturated rings. The lowest BCUT2D eigenvalue weighted by Crippen LogP contribution is -2.50. The van der Waals surface area contributed by atoms with E-state index >= 15 is 0 Å². The van der Waals surface area contributed by atoms with Gasteiger partial charge in [-0.2, -0.15) is 0 Å². The van der Waals surface area contributed by atoms with Crippen LogP contribution in [0.2, 0.25) is 0 Å². The van der Waals surface area contributed by atoms with Crippen molar-refractivity contribution in [3.05, 3.63) is 101 Å². The molecule has 5 nitrogen and oxygen atoms in total. The Morgan fingerprint density at radius 2 is 1.55 bits per heavy atom. The molecule has 1 N–H and O–H groups in total. The highest BCUT2D eigenvalue weighted by atomic mass is 16.5. The highest BCUT2D eigenvalue weighted by molar-refractivity contribution is 5.92. The number of carbonyl (C=O) groups excluding carboxylic acids is 2. The predicted molar refractivity (Wildman–Crippen MR) is 164 cm³/mol. The van der Waals surface area contributed by atoms with Gasteiger partial charge in [-0.25, -0.2) is 4.79 Å².